The molecule has 23 heavy (non-hydrogen) atoms. The first kappa shape index (κ1) is 21.4. The molecule has 0 spiro atoms. The number of carbonyl (C=O) groups is 2. The zero-order chi connectivity index (χ0) is 16.7. The number of aryl methyl sites for hydroxylation is 1. The van der Waals surface area contributed by atoms with Gasteiger partial charge in [0, 0.05) is 30.3 Å². The number of amides is 2. The minimum absolute atomic E-state index is 0. The first-order valence-electron chi connectivity index (χ1n) is 7.69. The van der Waals surface area contributed by atoms with Crippen molar-refractivity contribution in [1.29, 1.82) is 0 Å². The Balaban J connectivity index is 0.00000484. The maximum absolute atomic E-state index is 12.1. The molecule has 0 aliphatic rings. The van der Waals surface area contributed by atoms with Crippen LogP contribution in [0.3, 0.4) is 0 Å². The number of carbonyl (C=O) groups excluding carboxylic acids is 2. The van der Waals surface area contributed by atoms with E-state index >= 15 is 0 Å². The fourth-order valence-corrected chi connectivity index (χ4v) is 1.97. The third-order valence-electron chi connectivity index (χ3n) is 3.42. The molecule has 1 aromatic rings. The molecule has 1 rings (SSSR count). The Kier molecular flexibility index (Phi) is 9.53. The second-order valence-electron chi connectivity index (χ2n) is 6.08. The van der Waals surface area contributed by atoms with Gasteiger partial charge in [-0.1, -0.05) is 13.8 Å². The second kappa shape index (κ2) is 10.2. The molecule has 0 bridgehead atoms. The maximum atomic E-state index is 12.1. The van der Waals surface area contributed by atoms with Crippen LogP contribution in [0.25, 0.3) is 0 Å². The molecule has 5 nitrogen and oxygen atoms in total. The zero-order valence-electron chi connectivity index (χ0n) is 14.5. The van der Waals surface area contributed by atoms with Crippen molar-refractivity contribution in [2.45, 2.75) is 40.2 Å². The Morgan fingerprint density at radius 2 is 1.83 bits per heavy atom. The summed E-state index contributed by atoms with van der Waals surface area (Å²) in [7, 11) is 1.86. The van der Waals surface area contributed by atoms with Crippen LogP contribution in [-0.2, 0) is 4.79 Å². The van der Waals surface area contributed by atoms with Crippen LogP contribution in [0.4, 0.5) is 5.69 Å². The van der Waals surface area contributed by atoms with Crippen LogP contribution in [0.5, 0.6) is 0 Å². The summed E-state index contributed by atoms with van der Waals surface area (Å²) in [6, 6.07) is 5.53. The summed E-state index contributed by atoms with van der Waals surface area (Å²) < 4.78 is 0. The smallest absolute Gasteiger partial charge is 0.251 e. The second-order valence-corrected chi connectivity index (χ2v) is 6.08. The minimum atomic E-state index is -0.106. The van der Waals surface area contributed by atoms with Gasteiger partial charge in [0.05, 0.1) is 0 Å². The highest BCUT2D eigenvalue weighted by molar-refractivity contribution is 5.96. The Bertz CT molecular complexity index is 533. The molecule has 1 atom stereocenters. The number of benzene rings is 1. The monoisotopic (exact) mass is 341 g/mol. The van der Waals surface area contributed by atoms with Crippen molar-refractivity contribution in [1.82, 2.24) is 10.6 Å². The normalized spacial score (nSPS) is 11.6. The van der Waals surface area contributed by atoms with E-state index in [2.05, 4.69) is 16.0 Å². The molecule has 0 aromatic heterocycles. The number of nitrogens with one attached hydrogen (secondary N) is 3. The van der Waals surface area contributed by atoms with E-state index < -0.39 is 0 Å². The van der Waals surface area contributed by atoms with Crippen LogP contribution >= 0.6 is 12.4 Å². The Labute approximate surface area is 145 Å². The lowest BCUT2D eigenvalue weighted by Gasteiger charge is -2.13. The van der Waals surface area contributed by atoms with Gasteiger partial charge in [-0.15, -0.1) is 12.4 Å². The van der Waals surface area contributed by atoms with Crippen molar-refractivity contribution in [3.63, 3.8) is 0 Å². The Hall–Kier alpha value is -1.59. The predicted octanol–water partition coefficient (Wildman–Crippen LogP) is 2.74. The molecule has 0 aliphatic carbocycles. The molecule has 1 unspecified atom stereocenters. The number of halogens is 1. The lowest BCUT2D eigenvalue weighted by Crippen LogP contribution is -2.37. The molecule has 3 N–H and O–H groups in total. The van der Waals surface area contributed by atoms with Gasteiger partial charge in [-0.05, 0) is 50.6 Å². The molecular formula is C17H28ClN3O2. The topological polar surface area (TPSA) is 70.2 Å². The number of likely N-dealkylation sites (N-methyl/N-ethyl adjacent to an activating group) is 1. The molecule has 1 aromatic carbocycles. The van der Waals surface area contributed by atoms with Gasteiger partial charge >= 0.3 is 0 Å². The van der Waals surface area contributed by atoms with Crippen molar-refractivity contribution < 1.29 is 9.59 Å². The predicted molar refractivity (Wildman–Crippen MR) is 97.4 cm³/mol. The molecule has 0 aliphatic heterocycles. The molecule has 6 heteroatoms. The first-order valence-corrected chi connectivity index (χ1v) is 7.69. The molecule has 0 heterocycles. The standard InChI is InChI=1S/C17H27N3O2.ClH/c1-11(2)8-16(21)20-15-7-6-14(9-12(15)3)17(22)19-10-13(4)18-5;/h6-7,9,11,13,18H,8,10H2,1-5H3,(H,19,22)(H,20,21);1H. The van der Waals surface area contributed by atoms with Crippen molar-refractivity contribution >= 4 is 29.9 Å². The molecule has 2 amide bonds. The molecule has 0 fully saturated rings. The van der Waals surface area contributed by atoms with Gasteiger partial charge in [0.15, 0.2) is 0 Å². The van der Waals surface area contributed by atoms with Gasteiger partial charge in [-0.25, -0.2) is 0 Å². The van der Waals surface area contributed by atoms with E-state index in [1.165, 1.54) is 0 Å². The SMILES string of the molecule is CNC(C)CNC(=O)c1ccc(NC(=O)CC(C)C)c(C)c1.Cl. The van der Waals surface area contributed by atoms with Gasteiger partial charge in [0.1, 0.15) is 0 Å². The molecule has 130 valence electrons. The Morgan fingerprint density at radius 1 is 1.17 bits per heavy atom. The van der Waals surface area contributed by atoms with Crippen LogP contribution in [0, 0.1) is 12.8 Å². The van der Waals surface area contributed by atoms with Crippen molar-refractivity contribution in [3.8, 4) is 0 Å². The van der Waals surface area contributed by atoms with E-state index in [0.717, 1.165) is 11.3 Å². The van der Waals surface area contributed by atoms with E-state index in [1.807, 2.05) is 34.7 Å². The fourth-order valence-electron chi connectivity index (χ4n) is 1.97. The van der Waals surface area contributed by atoms with Crippen LogP contribution in [0.1, 0.15) is 43.1 Å². The fraction of sp³-hybridized carbons (Fsp3) is 0.529. The van der Waals surface area contributed by atoms with Crippen LogP contribution in [-0.4, -0.2) is 31.4 Å². The first-order chi connectivity index (χ1) is 10.3. The largest absolute Gasteiger partial charge is 0.350 e. The molecule has 0 saturated carbocycles. The number of anilines is 1. The lowest BCUT2D eigenvalue weighted by molar-refractivity contribution is -0.116. The quantitative estimate of drug-likeness (QED) is 0.714. The van der Waals surface area contributed by atoms with Crippen molar-refractivity contribution in [2.75, 3.05) is 18.9 Å². The van der Waals surface area contributed by atoms with E-state index in [4.69, 9.17) is 0 Å². The summed E-state index contributed by atoms with van der Waals surface area (Å²) in [6.07, 6.45) is 0.490. The molecular weight excluding hydrogens is 314 g/mol. The van der Waals surface area contributed by atoms with Crippen LogP contribution < -0.4 is 16.0 Å². The average molecular weight is 342 g/mol. The summed E-state index contributed by atoms with van der Waals surface area (Å²) in [5, 5.41) is 8.83. The van der Waals surface area contributed by atoms with Crippen molar-refractivity contribution in [2.24, 2.45) is 5.92 Å². The summed E-state index contributed by atoms with van der Waals surface area (Å²) in [4.78, 5) is 23.9. The summed E-state index contributed by atoms with van der Waals surface area (Å²) in [6.45, 7) is 8.47. The summed E-state index contributed by atoms with van der Waals surface area (Å²) in [5.74, 6) is 0.211. The third kappa shape index (κ3) is 7.48. The van der Waals surface area contributed by atoms with E-state index in [1.54, 1.807) is 18.2 Å². The van der Waals surface area contributed by atoms with E-state index in [0.29, 0.717) is 24.4 Å². The van der Waals surface area contributed by atoms with Gasteiger partial charge in [-0.2, -0.15) is 0 Å². The highest BCUT2D eigenvalue weighted by atomic mass is 35.5. The van der Waals surface area contributed by atoms with Gasteiger partial charge in [0.25, 0.3) is 5.91 Å². The van der Waals surface area contributed by atoms with Gasteiger partial charge in [-0.3, -0.25) is 9.59 Å². The van der Waals surface area contributed by atoms with Crippen LogP contribution in [0.15, 0.2) is 18.2 Å². The highest BCUT2D eigenvalue weighted by Gasteiger charge is 2.11. The molecule has 0 saturated heterocycles. The van der Waals surface area contributed by atoms with Crippen LogP contribution in [0.2, 0.25) is 0 Å². The number of hydrogen-bond donors (Lipinski definition) is 3. The third-order valence-corrected chi connectivity index (χ3v) is 3.42. The summed E-state index contributed by atoms with van der Waals surface area (Å²) in [5.41, 5.74) is 2.24. The zero-order valence-corrected chi connectivity index (χ0v) is 15.3. The van der Waals surface area contributed by atoms with E-state index in [-0.39, 0.29) is 30.3 Å². The Morgan fingerprint density at radius 3 is 2.35 bits per heavy atom. The van der Waals surface area contributed by atoms with E-state index in [9.17, 15) is 9.59 Å². The lowest BCUT2D eigenvalue weighted by atomic mass is 10.1. The summed E-state index contributed by atoms with van der Waals surface area (Å²) >= 11 is 0. The van der Waals surface area contributed by atoms with Gasteiger partial charge < -0.3 is 16.0 Å². The molecule has 0 radical (unpaired) electrons. The van der Waals surface area contributed by atoms with Crippen molar-refractivity contribution in [3.05, 3.63) is 29.3 Å². The number of rotatable bonds is 7. The maximum Gasteiger partial charge on any atom is 0.251 e. The minimum Gasteiger partial charge on any atom is -0.350 e. The highest BCUT2D eigenvalue weighted by Crippen LogP contribution is 2.17. The number of hydrogen-bond acceptors (Lipinski definition) is 3. The average Bonchev–Trinajstić information content (AvgIpc) is 2.45. The van der Waals surface area contributed by atoms with Gasteiger partial charge in [0.2, 0.25) is 5.91 Å².